The van der Waals surface area contributed by atoms with E-state index in [1.165, 1.54) is 5.56 Å². The van der Waals surface area contributed by atoms with Crippen LogP contribution in [0.1, 0.15) is 25.5 Å². The molecule has 1 saturated heterocycles. The van der Waals surface area contributed by atoms with Crippen molar-refractivity contribution in [2.24, 2.45) is 0 Å². The van der Waals surface area contributed by atoms with Gasteiger partial charge in [-0.05, 0) is 38.6 Å². The second-order valence-corrected chi connectivity index (χ2v) is 5.20. The lowest BCUT2D eigenvalue weighted by atomic mass is 10.0. The fourth-order valence-electron chi connectivity index (χ4n) is 2.74. The van der Waals surface area contributed by atoms with Gasteiger partial charge in [0.25, 0.3) is 0 Å². The van der Waals surface area contributed by atoms with Crippen LogP contribution in [0.5, 0.6) is 0 Å². The highest BCUT2D eigenvalue weighted by Gasteiger charge is 2.26. The van der Waals surface area contributed by atoms with Crippen molar-refractivity contribution < 1.29 is 0 Å². The summed E-state index contributed by atoms with van der Waals surface area (Å²) in [6.45, 7) is 8.01. The maximum Gasteiger partial charge on any atom is 0.0324 e. The average Bonchev–Trinajstić information content (AvgIpc) is 2.28. The summed E-state index contributed by atoms with van der Waals surface area (Å²) in [6.07, 6.45) is 0. The number of rotatable bonds is 2. The number of anilines is 1. The van der Waals surface area contributed by atoms with Crippen molar-refractivity contribution in [1.82, 2.24) is 9.80 Å². The van der Waals surface area contributed by atoms with Gasteiger partial charge in [0, 0.05) is 37.4 Å². The molecule has 3 heteroatoms. The summed E-state index contributed by atoms with van der Waals surface area (Å²) in [7, 11) is 2.19. The Morgan fingerprint density at radius 2 is 2.12 bits per heavy atom. The van der Waals surface area contributed by atoms with Gasteiger partial charge >= 0.3 is 0 Å². The minimum Gasteiger partial charge on any atom is -0.399 e. The number of hydrogen-bond acceptors (Lipinski definition) is 3. The molecule has 0 spiro atoms. The van der Waals surface area contributed by atoms with Crippen LogP contribution in [0, 0.1) is 0 Å². The number of piperazine rings is 1. The SMILES string of the molecule is CC1CN(C)CCN1C(C)c1cccc(N)c1. The molecular formula is C14H23N3. The molecule has 2 N–H and O–H groups in total. The van der Waals surface area contributed by atoms with Crippen LogP contribution < -0.4 is 5.73 Å². The molecule has 0 amide bonds. The van der Waals surface area contributed by atoms with Gasteiger partial charge in [-0.3, -0.25) is 4.90 Å². The van der Waals surface area contributed by atoms with E-state index < -0.39 is 0 Å². The Bertz CT molecular complexity index is 377. The van der Waals surface area contributed by atoms with E-state index in [0.29, 0.717) is 12.1 Å². The number of hydrogen-bond donors (Lipinski definition) is 1. The lowest BCUT2D eigenvalue weighted by molar-refractivity contribution is 0.0674. The normalized spacial score (nSPS) is 24.8. The number of benzene rings is 1. The van der Waals surface area contributed by atoms with Crippen LogP contribution in [0.15, 0.2) is 24.3 Å². The molecule has 2 atom stereocenters. The van der Waals surface area contributed by atoms with E-state index in [4.69, 9.17) is 5.73 Å². The van der Waals surface area contributed by atoms with Crippen LogP contribution in [0.2, 0.25) is 0 Å². The highest BCUT2D eigenvalue weighted by Crippen LogP contribution is 2.25. The summed E-state index contributed by atoms with van der Waals surface area (Å²) < 4.78 is 0. The zero-order valence-electron chi connectivity index (χ0n) is 11.1. The fraction of sp³-hybridized carbons (Fsp3) is 0.571. The summed E-state index contributed by atoms with van der Waals surface area (Å²) in [5.74, 6) is 0. The Kier molecular flexibility index (Phi) is 3.69. The Labute approximate surface area is 104 Å². The summed E-state index contributed by atoms with van der Waals surface area (Å²) in [4.78, 5) is 4.96. The second kappa shape index (κ2) is 5.07. The number of likely N-dealkylation sites (N-methyl/N-ethyl adjacent to an activating group) is 1. The third-order valence-electron chi connectivity index (χ3n) is 3.77. The van der Waals surface area contributed by atoms with Crippen molar-refractivity contribution >= 4 is 5.69 Å². The van der Waals surface area contributed by atoms with Crippen molar-refractivity contribution in [2.75, 3.05) is 32.4 Å². The lowest BCUT2D eigenvalue weighted by Crippen LogP contribution is -2.51. The predicted octanol–water partition coefficient (Wildman–Crippen LogP) is 1.97. The van der Waals surface area contributed by atoms with Crippen molar-refractivity contribution in [3.8, 4) is 0 Å². The predicted molar refractivity (Wildman–Crippen MR) is 72.9 cm³/mol. The number of nitrogen functional groups attached to an aromatic ring is 1. The fourth-order valence-corrected chi connectivity index (χ4v) is 2.74. The van der Waals surface area contributed by atoms with Gasteiger partial charge in [-0.25, -0.2) is 0 Å². The number of nitrogens with two attached hydrogens (primary N) is 1. The molecule has 1 aliphatic heterocycles. The van der Waals surface area contributed by atoms with Crippen LogP contribution in [0.4, 0.5) is 5.69 Å². The summed E-state index contributed by atoms with van der Waals surface area (Å²) in [6, 6.07) is 9.31. The van der Waals surface area contributed by atoms with E-state index >= 15 is 0 Å². The molecule has 0 saturated carbocycles. The molecule has 17 heavy (non-hydrogen) atoms. The molecule has 0 aliphatic carbocycles. The largest absolute Gasteiger partial charge is 0.399 e. The summed E-state index contributed by atoms with van der Waals surface area (Å²) in [5, 5.41) is 0. The molecule has 1 aromatic carbocycles. The Morgan fingerprint density at radius 1 is 1.35 bits per heavy atom. The first-order valence-corrected chi connectivity index (χ1v) is 6.37. The highest BCUT2D eigenvalue weighted by atomic mass is 15.3. The molecule has 1 fully saturated rings. The van der Waals surface area contributed by atoms with Crippen LogP contribution >= 0.6 is 0 Å². The molecule has 2 unspecified atom stereocenters. The molecule has 3 nitrogen and oxygen atoms in total. The van der Waals surface area contributed by atoms with E-state index in [1.807, 2.05) is 12.1 Å². The Hall–Kier alpha value is -1.06. The average molecular weight is 233 g/mol. The van der Waals surface area contributed by atoms with Crippen LogP contribution in [-0.2, 0) is 0 Å². The monoisotopic (exact) mass is 233 g/mol. The smallest absolute Gasteiger partial charge is 0.0324 e. The first-order chi connectivity index (χ1) is 8.08. The van der Waals surface area contributed by atoms with Gasteiger partial charge in [-0.1, -0.05) is 12.1 Å². The third-order valence-corrected chi connectivity index (χ3v) is 3.77. The molecule has 0 bridgehead atoms. The lowest BCUT2D eigenvalue weighted by Gasteiger charge is -2.42. The third kappa shape index (κ3) is 2.79. The first-order valence-electron chi connectivity index (χ1n) is 6.37. The molecule has 1 aliphatic rings. The van der Waals surface area contributed by atoms with Crippen LogP contribution in [-0.4, -0.2) is 42.5 Å². The number of nitrogens with zero attached hydrogens (tertiary/aromatic N) is 2. The van der Waals surface area contributed by atoms with Crippen LogP contribution in [0.3, 0.4) is 0 Å². The van der Waals surface area contributed by atoms with Gasteiger partial charge in [-0.2, -0.15) is 0 Å². The minimum absolute atomic E-state index is 0.446. The first kappa shape index (κ1) is 12.4. The summed E-state index contributed by atoms with van der Waals surface area (Å²) >= 11 is 0. The molecule has 2 rings (SSSR count). The van der Waals surface area contributed by atoms with Gasteiger partial charge in [0.1, 0.15) is 0 Å². The van der Waals surface area contributed by atoms with Crippen LogP contribution in [0.25, 0.3) is 0 Å². The molecule has 1 aromatic rings. The van der Waals surface area contributed by atoms with E-state index in [2.05, 4.69) is 42.8 Å². The van der Waals surface area contributed by atoms with Gasteiger partial charge in [-0.15, -0.1) is 0 Å². The van der Waals surface area contributed by atoms with Gasteiger partial charge < -0.3 is 10.6 Å². The van der Waals surface area contributed by atoms with Gasteiger partial charge in [0.05, 0.1) is 0 Å². The Balaban J connectivity index is 2.12. The quantitative estimate of drug-likeness (QED) is 0.793. The molecule has 1 heterocycles. The van der Waals surface area contributed by atoms with Crippen molar-refractivity contribution in [3.05, 3.63) is 29.8 Å². The molecule has 0 radical (unpaired) electrons. The standard InChI is InChI=1S/C14H23N3/c1-11-10-16(3)7-8-17(11)12(2)13-5-4-6-14(15)9-13/h4-6,9,11-12H,7-8,10,15H2,1-3H3. The van der Waals surface area contributed by atoms with E-state index in [-0.39, 0.29) is 0 Å². The van der Waals surface area contributed by atoms with Gasteiger partial charge in [0.15, 0.2) is 0 Å². The zero-order valence-corrected chi connectivity index (χ0v) is 11.1. The van der Waals surface area contributed by atoms with Crippen molar-refractivity contribution in [2.45, 2.75) is 25.9 Å². The maximum absolute atomic E-state index is 5.86. The topological polar surface area (TPSA) is 32.5 Å². The summed E-state index contributed by atoms with van der Waals surface area (Å²) in [5.41, 5.74) is 8.03. The highest BCUT2D eigenvalue weighted by molar-refractivity contribution is 5.41. The molecule has 0 aromatic heterocycles. The molecular weight excluding hydrogens is 210 g/mol. The molecule has 94 valence electrons. The van der Waals surface area contributed by atoms with Crippen molar-refractivity contribution in [3.63, 3.8) is 0 Å². The van der Waals surface area contributed by atoms with E-state index in [1.54, 1.807) is 0 Å². The van der Waals surface area contributed by atoms with E-state index in [0.717, 1.165) is 25.3 Å². The minimum atomic E-state index is 0.446. The second-order valence-electron chi connectivity index (χ2n) is 5.20. The maximum atomic E-state index is 5.86. The van der Waals surface area contributed by atoms with Crippen molar-refractivity contribution in [1.29, 1.82) is 0 Å². The van der Waals surface area contributed by atoms with Gasteiger partial charge in [0.2, 0.25) is 0 Å². The zero-order chi connectivity index (χ0) is 12.4. The van der Waals surface area contributed by atoms with E-state index in [9.17, 15) is 0 Å². The Morgan fingerprint density at radius 3 is 2.76 bits per heavy atom.